The fourth-order valence-corrected chi connectivity index (χ4v) is 6.70. The van der Waals surface area contributed by atoms with Gasteiger partial charge in [-0.3, -0.25) is 19.3 Å². The Hall–Kier alpha value is -5.22. The normalized spacial score (nSPS) is 17.7. The molecule has 3 aromatic rings. The number of benzene rings is 2. The van der Waals surface area contributed by atoms with Gasteiger partial charge in [-0.25, -0.2) is 14.6 Å². The number of carbonyl (C=O) groups excluding carboxylic acids is 4. The lowest BCUT2D eigenvalue weighted by atomic mass is 10.0. The number of oxime groups is 1. The van der Waals surface area contributed by atoms with Gasteiger partial charge in [0.1, 0.15) is 29.4 Å². The third kappa shape index (κ3) is 7.34. The summed E-state index contributed by atoms with van der Waals surface area (Å²) >= 11 is 2.23. The highest BCUT2D eigenvalue weighted by atomic mass is 32.2. The van der Waals surface area contributed by atoms with Gasteiger partial charge in [0.2, 0.25) is 5.60 Å². The Morgan fingerprint density at radius 2 is 1.73 bits per heavy atom. The fraction of sp³-hybridized carbons (Fsp3) is 0.281. The molecule has 1 fully saturated rings. The number of nitrogens with one attached hydrogen (secondary N) is 1. The lowest BCUT2D eigenvalue weighted by molar-refractivity contribution is -0.172. The van der Waals surface area contributed by atoms with Crippen molar-refractivity contribution < 1.29 is 43.4 Å². The molecule has 0 spiro atoms. The van der Waals surface area contributed by atoms with E-state index < -0.39 is 52.8 Å². The molecule has 0 radical (unpaired) electrons. The summed E-state index contributed by atoms with van der Waals surface area (Å²) in [5, 5.41) is 17.2. The zero-order chi connectivity index (χ0) is 34.6. The van der Waals surface area contributed by atoms with Crippen molar-refractivity contribution in [3.8, 4) is 0 Å². The molecular weight excluding hydrogens is 663 g/mol. The number of amides is 2. The summed E-state index contributed by atoms with van der Waals surface area (Å²) in [7, 11) is 0. The minimum atomic E-state index is -1.70. The van der Waals surface area contributed by atoms with E-state index in [4.69, 9.17) is 20.0 Å². The molecule has 1 aromatic heterocycles. The van der Waals surface area contributed by atoms with Crippen molar-refractivity contribution >= 4 is 63.7 Å². The van der Waals surface area contributed by atoms with Crippen LogP contribution in [0.4, 0.5) is 5.13 Å². The number of aliphatic carboxylic acids is 1. The molecule has 48 heavy (non-hydrogen) atoms. The van der Waals surface area contributed by atoms with Crippen LogP contribution in [0.1, 0.15) is 43.7 Å². The Labute approximate surface area is 282 Å². The predicted molar refractivity (Wildman–Crippen MR) is 175 cm³/mol. The molecule has 2 atom stereocenters. The van der Waals surface area contributed by atoms with E-state index in [1.807, 2.05) is 60.7 Å². The molecule has 250 valence electrons. The highest BCUT2D eigenvalue weighted by molar-refractivity contribution is 8.00. The number of anilines is 1. The molecule has 16 heteroatoms. The summed E-state index contributed by atoms with van der Waals surface area (Å²) in [6, 6.07) is 17.2. The van der Waals surface area contributed by atoms with Crippen LogP contribution in [0, 0.1) is 0 Å². The number of fused-ring (bicyclic) bond motifs is 1. The van der Waals surface area contributed by atoms with Crippen molar-refractivity contribution in [2.45, 2.75) is 43.9 Å². The van der Waals surface area contributed by atoms with Gasteiger partial charge in [-0.05, 0) is 25.0 Å². The molecule has 2 aliphatic heterocycles. The maximum atomic E-state index is 13.6. The molecule has 1 saturated heterocycles. The second-order valence-electron chi connectivity index (χ2n) is 11.1. The molecule has 3 heterocycles. The van der Waals surface area contributed by atoms with Gasteiger partial charge in [0.05, 0.1) is 0 Å². The highest BCUT2D eigenvalue weighted by Crippen LogP contribution is 2.40. The van der Waals surface area contributed by atoms with Crippen LogP contribution < -0.4 is 11.1 Å². The zero-order valence-electron chi connectivity index (χ0n) is 25.9. The second kappa shape index (κ2) is 14.3. The van der Waals surface area contributed by atoms with Crippen LogP contribution in [0.15, 0.2) is 82.5 Å². The molecule has 0 aliphatic carbocycles. The van der Waals surface area contributed by atoms with Gasteiger partial charge in [-0.1, -0.05) is 65.8 Å². The second-order valence-corrected chi connectivity index (χ2v) is 13.1. The van der Waals surface area contributed by atoms with Crippen molar-refractivity contribution in [3.05, 3.63) is 94.1 Å². The van der Waals surface area contributed by atoms with E-state index in [-0.39, 0.29) is 40.2 Å². The number of esters is 2. The van der Waals surface area contributed by atoms with E-state index in [0.29, 0.717) is 0 Å². The first-order valence-corrected chi connectivity index (χ1v) is 16.4. The van der Waals surface area contributed by atoms with Crippen LogP contribution in [-0.4, -0.2) is 79.8 Å². The largest absolute Gasteiger partial charge is 0.477 e. The molecule has 14 nitrogen and oxygen atoms in total. The molecule has 2 aromatic carbocycles. The van der Waals surface area contributed by atoms with Gasteiger partial charge in [0.25, 0.3) is 11.8 Å². The number of thiazole rings is 1. The topological polar surface area (TPSA) is 200 Å². The third-order valence-corrected chi connectivity index (χ3v) is 9.27. The number of carboxylic acid groups (broad SMARTS) is 1. The molecule has 5 rings (SSSR count). The first-order chi connectivity index (χ1) is 22.9. The van der Waals surface area contributed by atoms with Gasteiger partial charge in [-0.15, -0.1) is 23.1 Å². The maximum absolute atomic E-state index is 13.6. The van der Waals surface area contributed by atoms with Crippen molar-refractivity contribution in [1.82, 2.24) is 15.2 Å². The molecular formula is C32H31N5O9S2. The van der Waals surface area contributed by atoms with Gasteiger partial charge in [0.15, 0.2) is 16.9 Å². The van der Waals surface area contributed by atoms with Crippen molar-refractivity contribution in [2.24, 2.45) is 5.16 Å². The average molecular weight is 694 g/mol. The van der Waals surface area contributed by atoms with Crippen LogP contribution in [0.25, 0.3) is 0 Å². The summed E-state index contributed by atoms with van der Waals surface area (Å²) in [5.41, 5.74) is 5.18. The van der Waals surface area contributed by atoms with Gasteiger partial charge in [-0.2, -0.15) is 0 Å². The van der Waals surface area contributed by atoms with Crippen molar-refractivity contribution in [3.63, 3.8) is 0 Å². The number of hydrogen-bond acceptors (Lipinski definition) is 13. The molecule has 0 bridgehead atoms. The Balaban J connectivity index is 1.34. The number of thioether (sulfide) groups is 1. The predicted octanol–water partition coefficient (Wildman–Crippen LogP) is 2.86. The van der Waals surface area contributed by atoms with Crippen LogP contribution >= 0.6 is 23.1 Å². The monoisotopic (exact) mass is 693 g/mol. The number of carboxylic acids is 1. The number of nitrogens with two attached hydrogens (primary N) is 1. The van der Waals surface area contributed by atoms with Gasteiger partial charge >= 0.3 is 17.9 Å². The number of rotatable bonds is 12. The standard InChI is InChI=1S/C32H31N5O9S2/c1-17(38)44-14-20-15-47-28-23(27(40)37(28)24(20)29(41)42)35-26(39)22(21-16-48-31(33)34-21)36-46-32(2,3)30(43)45-25(18-10-6-4-7-11-18)19-12-8-5-9-13-19/h4-13,16,23,25,28H,14-15H2,1-3H3,(H2,33,34)(H,35,39)(H,41,42)/t23-,28-/m1/s1. The van der Waals surface area contributed by atoms with E-state index in [1.165, 1.54) is 37.9 Å². The Morgan fingerprint density at radius 1 is 1.10 bits per heavy atom. The highest BCUT2D eigenvalue weighted by Gasteiger charge is 2.54. The summed E-state index contributed by atoms with van der Waals surface area (Å²) in [5.74, 6) is -4.16. The van der Waals surface area contributed by atoms with E-state index in [1.54, 1.807) is 0 Å². The van der Waals surface area contributed by atoms with E-state index in [2.05, 4.69) is 15.5 Å². The number of ether oxygens (including phenoxy) is 2. The van der Waals surface area contributed by atoms with Crippen LogP contribution in [0.3, 0.4) is 0 Å². The number of nitrogen functional groups attached to an aromatic ring is 1. The minimum Gasteiger partial charge on any atom is -0.477 e. The number of nitrogens with zero attached hydrogens (tertiary/aromatic N) is 3. The van der Waals surface area contributed by atoms with Crippen molar-refractivity contribution in [1.29, 1.82) is 0 Å². The average Bonchev–Trinajstić information content (AvgIpc) is 3.50. The Bertz CT molecular complexity index is 1750. The summed E-state index contributed by atoms with van der Waals surface area (Å²) in [4.78, 5) is 74.4. The Morgan fingerprint density at radius 3 is 2.27 bits per heavy atom. The minimum absolute atomic E-state index is 0.0281. The van der Waals surface area contributed by atoms with Crippen LogP contribution in [0.5, 0.6) is 0 Å². The summed E-state index contributed by atoms with van der Waals surface area (Å²) in [6.07, 6.45) is -0.757. The van der Waals surface area contributed by atoms with Crippen LogP contribution in [0.2, 0.25) is 0 Å². The molecule has 0 saturated carbocycles. The maximum Gasteiger partial charge on any atom is 0.353 e. The lowest BCUT2D eigenvalue weighted by Crippen LogP contribution is -2.71. The van der Waals surface area contributed by atoms with Gasteiger partial charge < -0.3 is 30.5 Å². The van der Waals surface area contributed by atoms with E-state index in [9.17, 15) is 29.1 Å². The first-order valence-electron chi connectivity index (χ1n) is 14.5. The van der Waals surface area contributed by atoms with Crippen LogP contribution in [-0.2, 0) is 38.3 Å². The molecule has 2 amide bonds. The summed E-state index contributed by atoms with van der Waals surface area (Å²) < 4.78 is 10.9. The molecule has 4 N–H and O–H groups in total. The number of aromatic nitrogens is 1. The molecule has 0 unspecified atom stereocenters. The van der Waals surface area contributed by atoms with Crippen molar-refractivity contribution in [2.75, 3.05) is 18.1 Å². The SMILES string of the molecule is CC(=O)OCC1=C(C(=O)O)N2C(=O)[C@@H](NC(=O)C(=NOC(C)(C)C(=O)OC(c3ccccc3)c3ccccc3)c3csc(N)n3)[C@H]2SC1. The number of hydrogen-bond donors (Lipinski definition) is 3. The number of β-lactam (4-membered cyclic amide) rings is 1. The van der Waals surface area contributed by atoms with Gasteiger partial charge in [0, 0.05) is 23.6 Å². The smallest absolute Gasteiger partial charge is 0.353 e. The third-order valence-electron chi connectivity index (χ3n) is 7.25. The summed E-state index contributed by atoms with van der Waals surface area (Å²) in [6.45, 7) is 3.76. The quantitative estimate of drug-likeness (QED) is 0.109. The zero-order valence-corrected chi connectivity index (χ0v) is 27.6. The molecule has 2 aliphatic rings. The first kappa shape index (κ1) is 34.1. The van der Waals surface area contributed by atoms with E-state index in [0.717, 1.165) is 27.4 Å². The van der Waals surface area contributed by atoms with E-state index >= 15 is 0 Å². The Kier molecular flexibility index (Phi) is 10.1. The number of carbonyl (C=O) groups is 5. The fourth-order valence-electron chi connectivity index (χ4n) is 4.82. The lowest BCUT2D eigenvalue weighted by Gasteiger charge is -2.49.